The summed E-state index contributed by atoms with van der Waals surface area (Å²) in [6.45, 7) is 5.52. The van der Waals surface area contributed by atoms with Crippen molar-refractivity contribution in [2.75, 3.05) is 100 Å². The second kappa shape index (κ2) is 29.7. The number of nitrogens with one attached hydrogen (secondary N) is 1. The van der Waals surface area contributed by atoms with Gasteiger partial charge in [0.2, 0.25) is 5.91 Å². The Labute approximate surface area is 579 Å². The quantitative estimate of drug-likeness (QED) is 0.0379. The van der Waals surface area contributed by atoms with Gasteiger partial charge in [0.15, 0.2) is 0 Å². The Kier molecular flexibility index (Phi) is 21.0. The first-order valence-corrected chi connectivity index (χ1v) is 40.0. The highest BCUT2D eigenvalue weighted by molar-refractivity contribution is 7.91. The number of benzene rings is 4. The van der Waals surface area contributed by atoms with Gasteiger partial charge in [-0.1, -0.05) is 103 Å². The van der Waals surface area contributed by atoms with Crippen molar-refractivity contribution in [1.82, 2.24) is 58.7 Å². The lowest BCUT2D eigenvalue weighted by Crippen LogP contribution is -2.54. The summed E-state index contributed by atoms with van der Waals surface area (Å²) in [4.78, 5) is 42.2. The number of hydrogen-bond acceptors (Lipinski definition) is 19. The van der Waals surface area contributed by atoms with E-state index in [9.17, 15) is 30.0 Å². The molecule has 14 rings (SSSR count). The zero-order valence-electron chi connectivity index (χ0n) is 56.9. The lowest BCUT2D eigenvalue weighted by atomic mass is 9.79. The minimum atomic E-state index is -3.03. The van der Waals surface area contributed by atoms with Crippen molar-refractivity contribution in [3.05, 3.63) is 163 Å². The molecule has 0 unspecified atom stereocenters. The number of likely N-dealkylation sites (tertiary alicyclic amines) is 1. The third-order valence-corrected chi connectivity index (χ3v) is 22.7. The number of primary amides is 1. The largest absolute Gasteiger partial charge is 0.383 e. The third-order valence-electron chi connectivity index (χ3n) is 19.8. The van der Waals surface area contributed by atoms with Gasteiger partial charge in [0.25, 0.3) is 0 Å². The second-order valence-electron chi connectivity index (χ2n) is 28.1. The van der Waals surface area contributed by atoms with Gasteiger partial charge >= 0.3 is 0 Å². The van der Waals surface area contributed by atoms with E-state index in [2.05, 4.69) is 116 Å². The molecule has 26 heteroatoms. The van der Waals surface area contributed by atoms with Gasteiger partial charge in [-0.15, -0.1) is 0 Å². The Bertz CT molecular complexity index is 4900. The van der Waals surface area contributed by atoms with Crippen molar-refractivity contribution in [1.29, 1.82) is 0 Å². The number of nitrogens with two attached hydrogens (primary N) is 4. The highest BCUT2D eigenvalue weighted by Gasteiger charge is 2.39. The van der Waals surface area contributed by atoms with E-state index in [0.29, 0.717) is 72.6 Å². The summed E-state index contributed by atoms with van der Waals surface area (Å²) in [7, 11) is -4.84. The molecule has 4 aromatic carbocycles. The summed E-state index contributed by atoms with van der Waals surface area (Å²) in [6, 6.07) is 35.5. The summed E-state index contributed by atoms with van der Waals surface area (Å²) < 4.78 is 76.3. The van der Waals surface area contributed by atoms with Crippen LogP contribution < -0.4 is 28.3 Å². The molecule has 99 heavy (non-hydrogen) atoms. The van der Waals surface area contributed by atoms with E-state index in [4.69, 9.17) is 22.9 Å². The number of nitrogens with zero attached hydrogens (tertiary/aromatic N) is 11. The van der Waals surface area contributed by atoms with Crippen LogP contribution in [0.1, 0.15) is 78.9 Å². The molecule has 6 aromatic heterocycles. The number of fused-ring (bicyclic) bond motifs is 3. The normalized spacial score (nSPS) is 19.5. The van der Waals surface area contributed by atoms with E-state index in [1.54, 1.807) is 0 Å². The van der Waals surface area contributed by atoms with Crippen molar-refractivity contribution < 1.29 is 30.0 Å². The van der Waals surface area contributed by atoms with Gasteiger partial charge in [-0.05, 0) is 135 Å². The predicted molar refractivity (Wildman–Crippen MR) is 393 cm³/mol. The van der Waals surface area contributed by atoms with Crippen molar-refractivity contribution in [2.24, 2.45) is 29.4 Å². The number of hydrogen-bond donors (Lipinski definition) is 5. The number of amides is 1. The molecule has 3 aliphatic carbocycles. The number of aryl methyl sites for hydroxylation is 3. The van der Waals surface area contributed by atoms with Gasteiger partial charge in [-0.3, -0.25) is 4.79 Å². The number of rotatable bonds is 24. The van der Waals surface area contributed by atoms with Gasteiger partial charge in [0.05, 0.1) is 39.3 Å². The lowest BCUT2D eigenvalue weighted by Gasteiger charge is -2.44. The van der Waals surface area contributed by atoms with Crippen LogP contribution in [0.2, 0.25) is 0 Å². The van der Waals surface area contributed by atoms with Crippen molar-refractivity contribution in [3.63, 3.8) is 0 Å². The zero-order valence-corrected chi connectivity index (χ0v) is 59.3. The summed E-state index contributed by atoms with van der Waals surface area (Å²) in [5.74, 6) is 3.46. The molecular weight excluding hydrogens is 1310 g/mol. The molecule has 9 N–H and O–H groups in total. The number of carbonyl (C=O) groups is 1. The molecular formula is C73H90N16O7S3. The second-order valence-corrected chi connectivity index (χ2v) is 34.9. The van der Waals surface area contributed by atoms with Crippen molar-refractivity contribution >= 4 is 86.0 Å². The van der Waals surface area contributed by atoms with Gasteiger partial charge in [-0.25, -0.2) is 55.2 Å². The molecule has 0 spiro atoms. The van der Waals surface area contributed by atoms with Crippen LogP contribution in [0.4, 0.5) is 17.5 Å². The Balaban J connectivity index is 0.000000141. The van der Waals surface area contributed by atoms with Crippen LogP contribution in [0.3, 0.4) is 0 Å². The van der Waals surface area contributed by atoms with Crippen LogP contribution in [-0.2, 0) is 60.1 Å². The molecule has 4 fully saturated rings. The molecule has 10 aromatic rings. The van der Waals surface area contributed by atoms with Crippen LogP contribution in [-0.4, -0.2) is 167 Å². The van der Waals surface area contributed by atoms with Crippen LogP contribution in [0.5, 0.6) is 0 Å². The van der Waals surface area contributed by atoms with Crippen LogP contribution in [0.15, 0.2) is 141 Å². The van der Waals surface area contributed by atoms with Crippen molar-refractivity contribution in [3.8, 4) is 33.4 Å². The van der Waals surface area contributed by atoms with E-state index in [1.807, 2.05) is 78.9 Å². The number of nitrogen functional groups attached to an aromatic ring is 3. The number of aromatic nitrogens is 9. The van der Waals surface area contributed by atoms with E-state index < -0.39 is 29.5 Å². The number of sulfone groups is 3. The molecule has 0 bridgehead atoms. The molecule has 1 saturated heterocycles. The molecule has 4 aliphatic rings. The van der Waals surface area contributed by atoms with Crippen LogP contribution in [0, 0.1) is 23.7 Å². The maximum Gasteiger partial charge on any atom is 0.223 e. The Hall–Kier alpha value is -8.66. The van der Waals surface area contributed by atoms with Crippen molar-refractivity contribution in [2.45, 2.75) is 82.5 Å². The summed E-state index contributed by atoms with van der Waals surface area (Å²) in [6.07, 6.45) is 22.7. The Morgan fingerprint density at radius 2 is 0.859 bits per heavy atom. The van der Waals surface area contributed by atoms with Crippen LogP contribution in [0.25, 0.3) is 66.5 Å². The summed E-state index contributed by atoms with van der Waals surface area (Å²) in [5, 5.41) is 6.14. The topological polar surface area (TPSA) is 334 Å². The van der Waals surface area contributed by atoms with Gasteiger partial charge < -0.3 is 51.8 Å². The van der Waals surface area contributed by atoms with E-state index in [0.717, 1.165) is 161 Å². The monoisotopic (exact) mass is 1400 g/mol. The first-order chi connectivity index (χ1) is 47.3. The van der Waals surface area contributed by atoms with Gasteiger partial charge in [-0.2, -0.15) is 0 Å². The number of anilines is 3. The highest BCUT2D eigenvalue weighted by Crippen LogP contribution is 2.46. The highest BCUT2D eigenvalue weighted by atomic mass is 32.2. The predicted octanol–water partition coefficient (Wildman–Crippen LogP) is 8.42. The van der Waals surface area contributed by atoms with E-state index >= 15 is 0 Å². The standard InChI is InChI=1S/C27H31N5O2S.C24H30N6O3S.C22H29N5O2S/c1-35(33,34)11-10-19-8-5-9-22(12-19)24-17-32(27-25(24)26(28)30-18-31-27)23-13-21(14-23)16-29-15-20-6-3-2-4-7-20;1-34(32,33)6-5-15-3-2-4-17(7-15)20-13-30(24-21(20)22(25)27-14-28-24)19-8-16(9-19)10-29-11-18(12-29)23(26)31;1-26(2)12-16-10-18(11-16)27-13-19(20-21(23)24-14-25-22(20)27)17-6-4-5-15(9-17)7-8-30(3,28)29/h2-9,12,17-18,21,23,29H,10-11,13-16H2,1H3,(H2,28,30,31);2-4,7,13-14,16,18-19H,5-6,8-12H2,1H3,(H2,26,31)(H2,25,27,28);4-6,9,13-14,16,18H,7-8,10-12H2,1-3H3,(H2,23,24,25). The first-order valence-electron chi connectivity index (χ1n) is 33.8. The smallest absolute Gasteiger partial charge is 0.223 e. The van der Waals surface area contributed by atoms with E-state index in [-0.39, 0.29) is 29.1 Å². The number of carbonyl (C=O) groups excluding carboxylic acids is 1. The summed E-state index contributed by atoms with van der Waals surface area (Å²) >= 11 is 0. The SMILES string of the molecule is CN(C)CC1CC(n2cc(-c3cccc(CCS(C)(=O)=O)c3)c3c(N)ncnc32)C1.CS(=O)(=O)CCc1cccc(-c2cn(C3CC(CN4CC(C(N)=O)C4)C3)c3ncnc(N)c23)c1.CS(=O)(=O)CCc1cccc(-c2cn(C3CC(CNCc4ccccc4)C3)c3ncnc(N)c23)c1. The van der Waals surface area contributed by atoms with E-state index in [1.165, 1.54) is 43.3 Å². The molecule has 0 radical (unpaired) electrons. The fourth-order valence-electron chi connectivity index (χ4n) is 14.5. The average Bonchev–Trinajstić information content (AvgIpc) is 1.61. The summed E-state index contributed by atoms with van der Waals surface area (Å²) in [5.41, 5.74) is 37.0. The molecule has 23 nitrogen and oxygen atoms in total. The molecule has 522 valence electrons. The fraction of sp³-hybridized carbons (Fsp3) is 0.411. The van der Waals surface area contributed by atoms with Gasteiger partial charge in [0, 0.05) is 105 Å². The fourth-order valence-corrected chi connectivity index (χ4v) is 16.3. The maximum atomic E-state index is 11.6. The molecule has 3 saturated carbocycles. The molecule has 1 amide bonds. The third kappa shape index (κ3) is 17.2. The maximum absolute atomic E-state index is 11.6. The molecule has 7 heterocycles. The first kappa shape index (κ1) is 70.2. The average molecular weight is 1400 g/mol. The zero-order chi connectivity index (χ0) is 69.9. The molecule has 1 aliphatic heterocycles. The lowest BCUT2D eigenvalue weighted by molar-refractivity contribution is -0.127. The minimum absolute atomic E-state index is 0.000281. The molecule has 0 atom stereocenters. The van der Waals surface area contributed by atoms with Gasteiger partial charge in [0.1, 0.15) is 82.9 Å². The van der Waals surface area contributed by atoms with Crippen LogP contribution >= 0.6 is 0 Å². The minimum Gasteiger partial charge on any atom is -0.383 e. The Morgan fingerprint density at radius 1 is 0.495 bits per heavy atom. The Morgan fingerprint density at radius 3 is 1.22 bits per heavy atom.